The third-order valence-electron chi connectivity index (χ3n) is 2.87. The molecular weight excluding hydrogens is 268 g/mol. The molecular formula is C12H14N2O4S. The van der Waals surface area contributed by atoms with E-state index in [1.807, 2.05) is 6.26 Å². The number of carbonyl (C=O) groups excluding carboxylic acids is 1. The van der Waals surface area contributed by atoms with Gasteiger partial charge in [0.15, 0.2) is 6.04 Å². The highest BCUT2D eigenvalue weighted by Gasteiger charge is 2.34. The van der Waals surface area contributed by atoms with Crippen LogP contribution in [0.25, 0.3) is 0 Å². The van der Waals surface area contributed by atoms with Crippen molar-refractivity contribution in [2.45, 2.75) is 11.1 Å². The summed E-state index contributed by atoms with van der Waals surface area (Å²) in [6, 6.07) is 2.40. The minimum absolute atomic E-state index is 0.0237. The Bertz CT molecular complexity index is 494. The fraction of sp³-hybridized carbons (Fsp3) is 0.417. The third-order valence-corrected chi connectivity index (χ3v) is 3.58. The Morgan fingerprint density at radius 3 is 3.05 bits per heavy atom. The van der Waals surface area contributed by atoms with Crippen molar-refractivity contribution in [3.8, 4) is 0 Å². The maximum atomic E-state index is 12.4. The van der Waals surface area contributed by atoms with Crippen LogP contribution in [0.1, 0.15) is 10.4 Å². The van der Waals surface area contributed by atoms with Crippen molar-refractivity contribution in [1.29, 1.82) is 0 Å². The van der Waals surface area contributed by atoms with Crippen molar-refractivity contribution in [2.24, 2.45) is 0 Å². The lowest BCUT2D eigenvalue weighted by Crippen LogP contribution is -2.52. The van der Waals surface area contributed by atoms with Crippen molar-refractivity contribution in [2.75, 3.05) is 26.0 Å². The standard InChI is InChI=1S/C12H14N2O4S/c1-19-10-8(3-2-4-13-10)11(15)14-5-6-18-7-9(14)12(16)17/h2-4,9H,5-7H2,1H3,(H,16,17). The molecule has 1 fully saturated rings. The Balaban J connectivity index is 2.29. The van der Waals surface area contributed by atoms with Crippen molar-refractivity contribution in [3.05, 3.63) is 23.9 Å². The molecule has 7 heteroatoms. The lowest BCUT2D eigenvalue weighted by Gasteiger charge is -2.33. The van der Waals surface area contributed by atoms with E-state index in [1.54, 1.807) is 18.3 Å². The second-order valence-electron chi connectivity index (χ2n) is 3.99. The van der Waals surface area contributed by atoms with Crippen LogP contribution in [0.2, 0.25) is 0 Å². The van der Waals surface area contributed by atoms with Crippen LogP contribution < -0.4 is 0 Å². The SMILES string of the molecule is CSc1ncccc1C(=O)N1CCOCC1C(=O)O. The molecule has 1 amide bonds. The first-order valence-electron chi connectivity index (χ1n) is 5.75. The fourth-order valence-electron chi connectivity index (χ4n) is 1.92. The van der Waals surface area contributed by atoms with Crippen molar-refractivity contribution in [3.63, 3.8) is 0 Å². The van der Waals surface area contributed by atoms with E-state index >= 15 is 0 Å². The molecule has 0 aliphatic carbocycles. The van der Waals surface area contributed by atoms with Gasteiger partial charge >= 0.3 is 5.97 Å². The molecule has 0 aromatic carbocycles. The first kappa shape index (κ1) is 13.8. The molecule has 0 bridgehead atoms. The summed E-state index contributed by atoms with van der Waals surface area (Å²) >= 11 is 1.36. The molecule has 1 aliphatic heterocycles. The fourth-order valence-corrected chi connectivity index (χ4v) is 2.46. The van der Waals surface area contributed by atoms with Crippen molar-refractivity contribution < 1.29 is 19.4 Å². The Morgan fingerprint density at radius 2 is 2.37 bits per heavy atom. The summed E-state index contributed by atoms with van der Waals surface area (Å²) in [5.41, 5.74) is 0.433. The first-order valence-corrected chi connectivity index (χ1v) is 6.98. The van der Waals surface area contributed by atoms with E-state index in [2.05, 4.69) is 4.98 Å². The molecule has 19 heavy (non-hydrogen) atoms. The second kappa shape index (κ2) is 6.03. The number of rotatable bonds is 3. The Hall–Kier alpha value is -1.60. The number of aromatic nitrogens is 1. The van der Waals surface area contributed by atoms with Gasteiger partial charge in [-0.1, -0.05) is 0 Å². The molecule has 1 atom stereocenters. The Kier molecular flexibility index (Phi) is 4.39. The zero-order valence-corrected chi connectivity index (χ0v) is 11.2. The van der Waals surface area contributed by atoms with Crippen LogP contribution >= 0.6 is 11.8 Å². The number of hydrogen-bond donors (Lipinski definition) is 1. The van der Waals surface area contributed by atoms with Gasteiger partial charge in [-0.25, -0.2) is 9.78 Å². The minimum atomic E-state index is -1.05. The summed E-state index contributed by atoms with van der Waals surface area (Å²) in [4.78, 5) is 29.1. The molecule has 2 heterocycles. The highest BCUT2D eigenvalue weighted by molar-refractivity contribution is 7.98. The smallest absolute Gasteiger partial charge is 0.328 e. The van der Waals surface area contributed by atoms with Crippen LogP contribution in [0, 0.1) is 0 Å². The number of hydrogen-bond acceptors (Lipinski definition) is 5. The predicted molar refractivity (Wildman–Crippen MR) is 69.3 cm³/mol. The molecule has 1 saturated heterocycles. The van der Waals surface area contributed by atoms with Crippen LogP contribution in [-0.2, 0) is 9.53 Å². The Labute approximate surface area is 114 Å². The topological polar surface area (TPSA) is 79.7 Å². The van der Waals surface area contributed by atoms with Gasteiger partial charge in [0.1, 0.15) is 5.03 Å². The van der Waals surface area contributed by atoms with Gasteiger partial charge in [0, 0.05) is 12.7 Å². The summed E-state index contributed by atoms with van der Waals surface area (Å²) < 4.78 is 5.12. The summed E-state index contributed by atoms with van der Waals surface area (Å²) in [5.74, 6) is -1.37. The highest BCUT2D eigenvalue weighted by Crippen LogP contribution is 2.20. The molecule has 102 valence electrons. The van der Waals surface area contributed by atoms with Gasteiger partial charge in [-0.05, 0) is 18.4 Å². The minimum Gasteiger partial charge on any atom is -0.480 e. The number of thioether (sulfide) groups is 1. The van der Waals surface area contributed by atoms with Gasteiger partial charge in [-0.15, -0.1) is 11.8 Å². The summed E-state index contributed by atoms with van der Waals surface area (Å²) in [7, 11) is 0. The van der Waals surface area contributed by atoms with Gasteiger partial charge in [-0.3, -0.25) is 4.79 Å². The van der Waals surface area contributed by atoms with Crippen molar-refractivity contribution >= 4 is 23.6 Å². The number of carbonyl (C=O) groups is 2. The molecule has 1 N–H and O–H groups in total. The lowest BCUT2D eigenvalue weighted by atomic mass is 10.1. The predicted octanol–water partition coefficient (Wildman–Crippen LogP) is 0.729. The number of carboxylic acid groups (broad SMARTS) is 1. The van der Waals surface area contributed by atoms with E-state index in [0.717, 1.165) is 0 Å². The van der Waals surface area contributed by atoms with Crippen LogP contribution in [0.3, 0.4) is 0 Å². The van der Waals surface area contributed by atoms with E-state index in [4.69, 9.17) is 9.84 Å². The summed E-state index contributed by atoms with van der Waals surface area (Å²) in [5, 5.41) is 9.74. The Morgan fingerprint density at radius 1 is 1.58 bits per heavy atom. The van der Waals surface area contributed by atoms with Gasteiger partial charge in [-0.2, -0.15) is 0 Å². The van der Waals surface area contributed by atoms with Gasteiger partial charge in [0.25, 0.3) is 5.91 Å². The lowest BCUT2D eigenvalue weighted by molar-refractivity contribution is -0.147. The van der Waals surface area contributed by atoms with E-state index < -0.39 is 12.0 Å². The summed E-state index contributed by atoms with van der Waals surface area (Å²) in [6.07, 6.45) is 3.43. The zero-order valence-electron chi connectivity index (χ0n) is 10.4. The third kappa shape index (κ3) is 2.87. The molecule has 0 radical (unpaired) electrons. The van der Waals surface area contributed by atoms with E-state index in [-0.39, 0.29) is 19.1 Å². The number of aliphatic carboxylic acids is 1. The van der Waals surface area contributed by atoms with Gasteiger partial charge in [0.05, 0.1) is 18.8 Å². The van der Waals surface area contributed by atoms with E-state index in [1.165, 1.54) is 16.7 Å². The average Bonchev–Trinajstić information content (AvgIpc) is 2.46. The molecule has 1 aromatic rings. The summed E-state index contributed by atoms with van der Waals surface area (Å²) in [6.45, 7) is 0.652. The second-order valence-corrected chi connectivity index (χ2v) is 4.78. The molecule has 0 saturated carbocycles. The van der Waals surface area contributed by atoms with Crippen molar-refractivity contribution in [1.82, 2.24) is 9.88 Å². The maximum absolute atomic E-state index is 12.4. The number of nitrogens with zero attached hydrogens (tertiary/aromatic N) is 2. The quantitative estimate of drug-likeness (QED) is 0.823. The maximum Gasteiger partial charge on any atom is 0.328 e. The molecule has 0 spiro atoms. The molecule has 1 aromatic heterocycles. The number of ether oxygens (including phenoxy) is 1. The van der Waals surface area contributed by atoms with E-state index in [9.17, 15) is 9.59 Å². The van der Waals surface area contributed by atoms with Crippen LogP contribution in [0.15, 0.2) is 23.4 Å². The number of pyridine rings is 1. The highest BCUT2D eigenvalue weighted by atomic mass is 32.2. The van der Waals surface area contributed by atoms with Crippen LogP contribution in [-0.4, -0.2) is 58.9 Å². The largest absolute Gasteiger partial charge is 0.480 e. The van der Waals surface area contributed by atoms with Gasteiger partial charge in [0.2, 0.25) is 0 Å². The molecule has 1 aliphatic rings. The van der Waals surface area contributed by atoms with Crippen LogP contribution in [0.4, 0.5) is 0 Å². The number of amides is 1. The normalized spacial score (nSPS) is 19.2. The molecule has 2 rings (SSSR count). The average molecular weight is 282 g/mol. The number of morpholine rings is 1. The monoisotopic (exact) mass is 282 g/mol. The molecule has 1 unspecified atom stereocenters. The van der Waals surface area contributed by atoms with Gasteiger partial charge < -0.3 is 14.7 Å². The molecule has 6 nitrogen and oxygen atoms in total. The first-order chi connectivity index (χ1) is 9.15. The van der Waals surface area contributed by atoms with Crippen LogP contribution in [0.5, 0.6) is 0 Å². The number of carboxylic acids is 1. The van der Waals surface area contributed by atoms with E-state index in [0.29, 0.717) is 17.2 Å². The zero-order chi connectivity index (χ0) is 13.8.